The average molecular weight is 380 g/mol. The van der Waals surface area contributed by atoms with Crippen LogP contribution in [-0.2, 0) is 11.3 Å². The van der Waals surface area contributed by atoms with Gasteiger partial charge in [0.25, 0.3) is 0 Å². The van der Waals surface area contributed by atoms with Crippen molar-refractivity contribution in [2.24, 2.45) is 4.99 Å². The summed E-state index contributed by atoms with van der Waals surface area (Å²) in [4.78, 5) is 15.5. The molecular weight excluding hydrogens is 359 g/mol. The highest BCUT2D eigenvalue weighted by Crippen LogP contribution is 1.97. The first-order valence-corrected chi connectivity index (χ1v) is 5.99. The van der Waals surface area contributed by atoms with Gasteiger partial charge >= 0.3 is 0 Å². The molecule has 1 aromatic rings. The number of furan rings is 1. The van der Waals surface area contributed by atoms with Gasteiger partial charge in [0, 0.05) is 13.6 Å². The van der Waals surface area contributed by atoms with E-state index in [0.717, 1.165) is 18.7 Å². The Bertz CT molecular complexity index is 379. The number of carbonyl (C=O) groups is 1. The summed E-state index contributed by atoms with van der Waals surface area (Å²) in [7, 11) is 1.67. The Morgan fingerprint density at radius 1 is 1.37 bits per heavy atom. The third-order valence-electron chi connectivity index (χ3n) is 2.22. The highest BCUT2D eigenvalue weighted by Gasteiger charge is 2.03. The van der Waals surface area contributed by atoms with Crippen molar-refractivity contribution >= 4 is 35.8 Å². The minimum atomic E-state index is -0.106. The number of nitrogens with one attached hydrogen (secondary N) is 3. The third kappa shape index (κ3) is 7.70. The van der Waals surface area contributed by atoms with Gasteiger partial charge < -0.3 is 20.4 Å². The molecule has 0 atom stereocenters. The number of rotatable bonds is 6. The van der Waals surface area contributed by atoms with E-state index in [0.29, 0.717) is 12.5 Å². The monoisotopic (exact) mass is 380 g/mol. The van der Waals surface area contributed by atoms with Gasteiger partial charge in [-0.25, -0.2) is 0 Å². The van der Waals surface area contributed by atoms with Crippen LogP contribution in [0.25, 0.3) is 0 Å². The lowest BCUT2D eigenvalue weighted by atomic mass is 10.4. The molecule has 108 valence electrons. The summed E-state index contributed by atoms with van der Waals surface area (Å²) >= 11 is 0. The summed E-state index contributed by atoms with van der Waals surface area (Å²) in [6, 6.07) is 3.60. The van der Waals surface area contributed by atoms with Crippen molar-refractivity contribution in [3.05, 3.63) is 24.2 Å². The molecular formula is C12H21IN4O2. The molecule has 0 radical (unpaired) electrons. The molecule has 6 nitrogen and oxygen atoms in total. The number of hydrogen-bond donors (Lipinski definition) is 3. The zero-order valence-electron chi connectivity index (χ0n) is 11.2. The molecule has 1 heterocycles. The normalized spacial score (nSPS) is 10.5. The highest BCUT2D eigenvalue weighted by atomic mass is 127. The van der Waals surface area contributed by atoms with E-state index in [1.807, 2.05) is 6.07 Å². The van der Waals surface area contributed by atoms with Gasteiger partial charge in [0.15, 0.2) is 5.96 Å². The van der Waals surface area contributed by atoms with Crippen molar-refractivity contribution in [2.75, 3.05) is 20.1 Å². The fourth-order valence-electron chi connectivity index (χ4n) is 1.29. The second-order valence-corrected chi connectivity index (χ2v) is 3.71. The number of hydrogen-bond acceptors (Lipinski definition) is 3. The van der Waals surface area contributed by atoms with Crippen LogP contribution in [0.3, 0.4) is 0 Å². The predicted molar refractivity (Wildman–Crippen MR) is 85.6 cm³/mol. The van der Waals surface area contributed by atoms with Crippen molar-refractivity contribution < 1.29 is 9.21 Å². The molecule has 0 aliphatic carbocycles. The van der Waals surface area contributed by atoms with E-state index in [4.69, 9.17) is 4.42 Å². The van der Waals surface area contributed by atoms with Crippen LogP contribution in [0.5, 0.6) is 0 Å². The lowest BCUT2D eigenvalue weighted by Gasteiger charge is -2.10. The quantitative estimate of drug-likeness (QED) is 0.392. The molecule has 0 aliphatic heterocycles. The molecule has 0 saturated heterocycles. The van der Waals surface area contributed by atoms with E-state index in [1.54, 1.807) is 19.4 Å². The Morgan fingerprint density at radius 3 is 2.74 bits per heavy atom. The minimum Gasteiger partial charge on any atom is -0.467 e. The molecule has 1 aromatic heterocycles. The first kappa shape index (κ1) is 17.8. The van der Waals surface area contributed by atoms with Crippen molar-refractivity contribution in [1.29, 1.82) is 0 Å². The number of guanidine groups is 1. The fourth-order valence-corrected chi connectivity index (χ4v) is 1.29. The standard InChI is InChI=1S/C12H20N4O2.HI/c1-3-6-14-12(13-2)16-9-11(17)15-8-10-5-4-7-18-10;/h4-5,7H,3,6,8-9H2,1-2H3,(H,15,17)(H2,13,14,16);1H. The number of halogens is 1. The van der Waals surface area contributed by atoms with Crippen LogP contribution >= 0.6 is 24.0 Å². The van der Waals surface area contributed by atoms with E-state index in [2.05, 4.69) is 27.9 Å². The van der Waals surface area contributed by atoms with E-state index in [1.165, 1.54) is 0 Å². The van der Waals surface area contributed by atoms with Crippen LogP contribution < -0.4 is 16.0 Å². The molecule has 0 aromatic carbocycles. The molecule has 0 saturated carbocycles. The van der Waals surface area contributed by atoms with Crippen molar-refractivity contribution in [2.45, 2.75) is 19.9 Å². The molecule has 0 fully saturated rings. The Kier molecular flexibility index (Phi) is 9.95. The van der Waals surface area contributed by atoms with E-state index in [-0.39, 0.29) is 36.4 Å². The van der Waals surface area contributed by atoms with Gasteiger partial charge in [-0.1, -0.05) is 6.92 Å². The SMILES string of the molecule is CCCNC(=NC)NCC(=O)NCc1ccco1.I. The number of aliphatic imine (C=N–C) groups is 1. The predicted octanol–water partition coefficient (Wildman–Crippen LogP) is 1.09. The zero-order valence-corrected chi connectivity index (χ0v) is 13.6. The lowest BCUT2D eigenvalue weighted by Crippen LogP contribution is -2.43. The Morgan fingerprint density at radius 2 is 2.16 bits per heavy atom. The maximum absolute atomic E-state index is 11.5. The summed E-state index contributed by atoms with van der Waals surface area (Å²) in [5, 5.41) is 8.76. The van der Waals surface area contributed by atoms with Gasteiger partial charge in [-0.15, -0.1) is 24.0 Å². The van der Waals surface area contributed by atoms with Gasteiger partial charge in [0.05, 0.1) is 19.4 Å². The summed E-state index contributed by atoms with van der Waals surface area (Å²) in [5.74, 6) is 1.26. The van der Waals surface area contributed by atoms with Crippen LogP contribution in [0, 0.1) is 0 Å². The molecule has 0 spiro atoms. The van der Waals surface area contributed by atoms with Gasteiger partial charge in [-0.3, -0.25) is 9.79 Å². The largest absolute Gasteiger partial charge is 0.467 e. The molecule has 19 heavy (non-hydrogen) atoms. The third-order valence-corrected chi connectivity index (χ3v) is 2.22. The van der Waals surface area contributed by atoms with Crippen LogP contribution in [0.4, 0.5) is 0 Å². The van der Waals surface area contributed by atoms with E-state index in [9.17, 15) is 4.79 Å². The van der Waals surface area contributed by atoms with Crippen molar-refractivity contribution in [1.82, 2.24) is 16.0 Å². The molecule has 3 N–H and O–H groups in total. The van der Waals surface area contributed by atoms with Crippen LogP contribution in [0.15, 0.2) is 27.8 Å². The van der Waals surface area contributed by atoms with Crippen LogP contribution in [0.2, 0.25) is 0 Å². The average Bonchev–Trinajstić information content (AvgIpc) is 2.89. The van der Waals surface area contributed by atoms with Crippen molar-refractivity contribution in [3.63, 3.8) is 0 Å². The minimum absolute atomic E-state index is 0. The van der Waals surface area contributed by atoms with Gasteiger partial charge in [-0.05, 0) is 18.6 Å². The number of amides is 1. The zero-order chi connectivity index (χ0) is 13.2. The van der Waals surface area contributed by atoms with Crippen LogP contribution in [-0.4, -0.2) is 32.0 Å². The maximum atomic E-state index is 11.5. The first-order chi connectivity index (χ1) is 8.76. The number of nitrogens with zero attached hydrogens (tertiary/aromatic N) is 1. The van der Waals surface area contributed by atoms with E-state index < -0.39 is 0 Å². The fraction of sp³-hybridized carbons (Fsp3) is 0.500. The molecule has 1 amide bonds. The summed E-state index contributed by atoms with van der Waals surface area (Å²) in [6.45, 7) is 3.47. The number of carbonyl (C=O) groups excluding carboxylic acids is 1. The molecule has 0 aliphatic rings. The van der Waals surface area contributed by atoms with Gasteiger partial charge in [0.2, 0.25) is 5.91 Å². The molecule has 0 unspecified atom stereocenters. The second-order valence-electron chi connectivity index (χ2n) is 3.71. The summed E-state index contributed by atoms with van der Waals surface area (Å²) < 4.78 is 5.11. The topological polar surface area (TPSA) is 78.7 Å². The van der Waals surface area contributed by atoms with Crippen LogP contribution in [0.1, 0.15) is 19.1 Å². The van der Waals surface area contributed by atoms with Gasteiger partial charge in [0.1, 0.15) is 5.76 Å². The molecule has 0 bridgehead atoms. The smallest absolute Gasteiger partial charge is 0.239 e. The summed E-state index contributed by atoms with van der Waals surface area (Å²) in [6.07, 6.45) is 2.58. The first-order valence-electron chi connectivity index (χ1n) is 5.99. The summed E-state index contributed by atoms with van der Waals surface area (Å²) in [5.41, 5.74) is 0. The van der Waals surface area contributed by atoms with Crippen molar-refractivity contribution in [3.8, 4) is 0 Å². The lowest BCUT2D eigenvalue weighted by molar-refractivity contribution is -0.120. The highest BCUT2D eigenvalue weighted by molar-refractivity contribution is 14.0. The molecule has 7 heteroatoms. The Labute approximate surface area is 130 Å². The van der Waals surface area contributed by atoms with Gasteiger partial charge in [-0.2, -0.15) is 0 Å². The molecule has 1 rings (SSSR count). The second kappa shape index (κ2) is 10.7. The van der Waals surface area contributed by atoms with E-state index >= 15 is 0 Å². The Hall–Kier alpha value is -1.25. The maximum Gasteiger partial charge on any atom is 0.239 e. The Balaban J connectivity index is 0.00000324.